The predicted molar refractivity (Wildman–Crippen MR) is 105 cm³/mol. The van der Waals surface area contributed by atoms with Crippen LogP contribution in [0.1, 0.15) is 59.4 Å². The highest BCUT2D eigenvalue weighted by molar-refractivity contribution is 5.95. The van der Waals surface area contributed by atoms with Crippen LogP contribution in [0.4, 0.5) is 0 Å². The van der Waals surface area contributed by atoms with Gasteiger partial charge in [0.2, 0.25) is 0 Å². The van der Waals surface area contributed by atoms with Gasteiger partial charge in [-0.2, -0.15) is 0 Å². The van der Waals surface area contributed by atoms with Crippen molar-refractivity contribution in [3.8, 4) is 0 Å². The number of nitrogens with one attached hydrogen (secondary N) is 1. The first-order chi connectivity index (χ1) is 13.0. The molecule has 0 unspecified atom stereocenters. The minimum atomic E-state index is -0.307. The third-order valence-corrected chi connectivity index (χ3v) is 4.88. The first-order valence-corrected chi connectivity index (χ1v) is 9.48. The van der Waals surface area contributed by atoms with E-state index < -0.39 is 0 Å². The number of hydrogen-bond donors (Lipinski definition) is 1. The lowest BCUT2D eigenvalue weighted by atomic mass is 9.97. The molecule has 0 atom stereocenters. The summed E-state index contributed by atoms with van der Waals surface area (Å²) in [6.07, 6.45) is 12.9. The molecule has 0 radical (unpaired) electrons. The fraction of sp³-hybridized carbons (Fsp3) is 0.429. The Bertz CT molecular complexity index is 897. The topological polar surface area (TPSA) is 76.9 Å². The summed E-state index contributed by atoms with van der Waals surface area (Å²) in [7, 11) is 0. The number of pyridine rings is 1. The summed E-state index contributed by atoms with van der Waals surface area (Å²) in [6, 6.07) is 1.79. The highest BCUT2D eigenvalue weighted by Crippen LogP contribution is 2.19. The molecule has 0 aromatic carbocycles. The molecule has 0 spiro atoms. The highest BCUT2D eigenvalue weighted by atomic mass is 16.2. The van der Waals surface area contributed by atoms with Crippen LogP contribution in [0, 0.1) is 13.8 Å². The van der Waals surface area contributed by atoms with E-state index in [1.54, 1.807) is 31.6 Å². The van der Waals surface area contributed by atoms with E-state index in [0.29, 0.717) is 24.3 Å². The number of aromatic nitrogens is 3. The molecule has 0 saturated carbocycles. The van der Waals surface area contributed by atoms with E-state index in [1.807, 2.05) is 6.92 Å². The third-order valence-electron chi connectivity index (χ3n) is 4.88. The highest BCUT2D eigenvalue weighted by Gasteiger charge is 2.16. The molecule has 27 heavy (non-hydrogen) atoms. The summed E-state index contributed by atoms with van der Waals surface area (Å²) in [5, 5.41) is 2.91. The zero-order valence-corrected chi connectivity index (χ0v) is 16.0. The zero-order valence-electron chi connectivity index (χ0n) is 16.0. The average Bonchev–Trinajstić information content (AvgIpc) is 2.67. The van der Waals surface area contributed by atoms with Crippen LogP contribution in [0.25, 0.3) is 0 Å². The number of nitrogens with zero attached hydrogens (tertiary/aromatic N) is 3. The zero-order chi connectivity index (χ0) is 19.2. The average molecular weight is 366 g/mol. The van der Waals surface area contributed by atoms with Gasteiger partial charge in [-0.15, -0.1) is 0 Å². The van der Waals surface area contributed by atoms with Crippen molar-refractivity contribution >= 4 is 5.91 Å². The molecule has 6 heteroatoms. The van der Waals surface area contributed by atoms with Gasteiger partial charge in [0, 0.05) is 18.9 Å². The van der Waals surface area contributed by atoms with Crippen LogP contribution in [-0.2, 0) is 6.54 Å². The summed E-state index contributed by atoms with van der Waals surface area (Å²) < 4.78 is 1.50. The number of amides is 1. The summed E-state index contributed by atoms with van der Waals surface area (Å²) in [4.78, 5) is 33.9. The van der Waals surface area contributed by atoms with Crippen molar-refractivity contribution in [2.75, 3.05) is 6.54 Å². The van der Waals surface area contributed by atoms with Crippen molar-refractivity contribution in [1.29, 1.82) is 0 Å². The van der Waals surface area contributed by atoms with Gasteiger partial charge in [0.05, 0.1) is 24.1 Å². The maximum absolute atomic E-state index is 12.8. The van der Waals surface area contributed by atoms with Crippen LogP contribution in [0.5, 0.6) is 0 Å². The third kappa shape index (κ3) is 4.90. The second-order valence-electron chi connectivity index (χ2n) is 7.07. The quantitative estimate of drug-likeness (QED) is 0.798. The molecular formula is C21H26N4O2. The standard InChI is InChI=1S/C21H26N4O2/c1-15-9-11-25(14-18-13-23-16(2)12-24-18)21(27)19(15)20(26)22-10-8-17-6-4-3-5-7-17/h6,9,11-13H,3-5,7-8,10,14H2,1-2H3,(H,22,26). The smallest absolute Gasteiger partial charge is 0.264 e. The molecule has 2 aromatic heterocycles. The fourth-order valence-electron chi connectivity index (χ4n) is 3.30. The van der Waals surface area contributed by atoms with E-state index in [1.165, 1.54) is 23.0 Å². The Balaban J connectivity index is 1.70. The van der Waals surface area contributed by atoms with Crippen molar-refractivity contribution in [2.24, 2.45) is 0 Å². The minimum Gasteiger partial charge on any atom is -0.352 e. The van der Waals surface area contributed by atoms with Gasteiger partial charge >= 0.3 is 0 Å². The maximum atomic E-state index is 12.8. The second kappa shape index (κ2) is 8.75. The molecule has 0 bridgehead atoms. The fourth-order valence-corrected chi connectivity index (χ4v) is 3.30. The van der Waals surface area contributed by atoms with Crippen molar-refractivity contribution in [3.63, 3.8) is 0 Å². The Hall–Kier alpha value is -2.76. The van der Waals surface area contributed by atoms with Gasteiger partial charge in [-0.3, -0.25) is 19.6 Å². The van der Waals surface area contributed by atoms with Crippen LogP contribution in [0.3, 0.4) is 0 Å². The second-order valence-corrected chi connectivity index (χ2v) is 7.07. The Labute approximate surface area is 159 Å². The van der Waals surface area contributed by atoms with Gasteiger partial charge < -0.3 is 9.88 Å². The van der Waals surface area contributed by atoms with Crippen LogP contribution in [-0.4, -0.2) is 27.0 Å². The lowest BCUT2D eigenvalue weighted by Crippen LogP contribution is -2.34. The molecule has 2 heterocycles. The molecular weight excluding hydrogens is 340 g/mol. The first kappa shape index (κ1) is 19.0. The van der Waals surface area contributed by atoms with Crippen molar-refractivity contribution in [2.45, 2.75) is 52.5 Å². The Morgan fingerprint density at radius 1 is 1.22 bits per heavy atom. The van der Waals surface area contributed by atoms with E-state index in [-0.39, 0.29) is 17.0 Å². The lowest BCUT2D eigenvalue weighted by Gasteiger charge is -2.14. The van der Waals surface area contributed by atoms with Gasteiger partial charge in [0.1, 0.15) is 5.56 Å². The first-order valence-electron chi connectivity index (χ1n) is 9.48. The van der Waals surface area contributed by atoms with E-state index >= 15 is 0 Å². The number of hydrogen-bond acceptors (Lipinski definition) is 4. The predicted octanol–water partition coefficient (Wildman–Crippen LogP) is 2.92. The van der Waals surface area contributed by atoms with Gasteiger partial charge in [-0.25, -0.2) is 0 Å². The van der Waals surface area contributed by atoms with Gasteiger partial charge in [-0.1, -0.05) is 11.6 Å². The van der Waals surface area contributed by atoms with E-state index in [9.17, 15) is 9.59 Å². The molecule has 1 aliphatic rings. The number of rotatable bonds is 6. The Morgan fingerprint density at radius 2 is 2.07 bits per heavy atom. The van der Waals surface area contributed by atoms with Gasteiger partial charge in [0.15, 0.2) is 0 Å². The molecule has 3 rings (SSSR count). The summed E-state index contributed by atoms with van der Waals surface area (Å²) in [5.41, 5.74) is 3.49. The summed E-state index contributed by atoms with van der Waals surface area (Å²) in [6.45, 7) is 4.50. The number of aryl methyl sites for hydroxylation is 2. The van der Waals surface area contributed by atoms with Gasteiger partial charge in [-0.05, 0) is 57.6 Å². The Kier molecular flexibility index (Phi) is 6.16. The number of allylic oxidation sites excluding steroid dienone is 1. The molecule has 0 saturated heterocycles. The summed E-state index contributed by atoms with van der Waals surface area (Å²) in [5.74, 6) is -0.307. The van der Waals surface area contributed by atoms with E-state index in [4.69, 9.17) is 0 Å². The molecule has 142 valence electrons. The number of carbonyl (C=O) groups excluding carboxylic acids is 1. The van der Waals surface area contributed by atoms with E-state index in [2.05, 4.69) is 21.4 Å². The summed E-state index contributed by atoms with van der Waals surface area (Å²) >= 11 is 0. The molecule has 6 nitrogen and oxygen atoms in total. The van der Waals surface area contributed by atoms with Crippen molar-refractivity contribution in [3.05, 3.63) is 69.2 Å². The number of carbonyl (C=O) groups is 1. The monoisotopic (exact) mass is 366 g/mol. The van der Waals surface area contributed by atoms with E-state index in [0.717, 1.165) is 25.0 Å². The van der Waals surface area contributed by atoms with Crippen LogP contribution in [0.15, 0.2) is 41.1 Å². The maximum Gasteiger partial charge on any atom is 0.264 e. The Morgan fingerprint density at radius 3 is 2.78 bits per heavy atom. The molecule has 1 amide bonds. The van der Waals surface area contributed by atoms with Crippen LogP contribution in [0.2, 0.25) is 0 Å². The molecule has 1 N–H and O–H groups in total. The molecule has 2 aromatic rings. The SMILES string of the molecule is Cc1cnc(Cn2ccc(C)c(C(=O)NCCC3=CCCCC3)c2=O)cn1. The normalized spacial score (nSPS) is 13.9. The molecule has 0 fully saturated rings. The molecule has 1 aliphatic carbocycles. The lowest BCUT2D eigenvalue weighted by molar-refractivity contribution is 0.0951. The van der Waals surface area contributed by atoms with Crippen molar-refractivity contribution < 1.29 is 4.79 Å². The van der Waals surface area contributed by atoms with Gasteiger partial charge in [0.25, 0.3) is 11.5 Å². The minimum absolute atomic E-state index is 0.204. The van der Waals surface area contributed by atoms with Crippen molar-refractivity contribution in [1.82, 2.24) is 19.9 Å². The molecule has 0 aliphatic heterocycles. The van der Waals surface area contributed by atoms with Crippen LogP contribution < -0.4 is 10.9 Å². The van der Waals surface area contributed by atoms with Crippen LogP contribution >= 0.6 is 0 Å². The largest absolute Gasteiger partial charge is 0.352 e.